The molecule has 1 aliphatic carbocycles. The van der Waals surface area contributed by atoms with E-state index in [9.17, 15) is 24.3 Å². The number of carbonyl (C=O) groups excluding carboxylic acids is 3. The number of carboxylic acid groups (broad SMARTS) is 1. The van der Waals surface area contributed by atoms with Crippen molar-refractivity contribution in [2.75, 3.05) is 19.6 Å². The number of β-lactam (4-membered cyclic amide) rings is 1. The van der Waals surface area contributed by atoms with E-state index in [4.69, 9.17) is 4.74 Å². The van der Waals surface area contributed by atoms with Crippen LogP contribution in [0, 0.1) is 0 Å². The molecule has 0 aromatic heterocycles. The van der Waals surface area contributed by atoms with Crippen LogP contribution < -0.4 is 10.1 Å². The van der Waals surface area contributed by atoms with Crippen molar-refractivity contribution in [1.29, 1.82) is 0 Å². The van der Waals surface area contributed by atoms with Crippen molar-refractivity contribution in [3.05, 3.63) is 64.7 Å². The number of nitrogens with zero attached hydrogens (tertiary/aromatic N) is 2. The fourth-order valence-electron chi connectivity index (χ4n) is 5.86. The molecule has 2 amide bonds. The van der Waals surface area contributed by atoms with Gasteiger partial charge < -0.3 is 25.0 Å². The molecule has 2 N–H and O–H groups in total. The highest BCUT2D eigenvalue weighted by atomic mass is 32.2. The quantitative estimate of drug-likeness (QED) is 0.255. The summed E-state index contributed by atoms with van der Waals surface area (Å²) >= 11 is 1.37. The number of esters is 1. The van der Waals surface area contributed by atoms with Crippen LogP contribution in [0.5, 0.6) is 5.75 Å². The van der Waals surface area contributed by atoms with Gasteiger partial charge in [-0.25, -0.2) is 9.59 Å². The van der Waals surface area contributed by atoms with Gasteiger partial charge >= 0.3 is 11.9 Å². The number of aliphatic carboxylic acids is 1. The van der Waals surface area contributed by atoms with Gasteiger partial charge in [0.15, 0.2) is 0 Å². The van der Waals surface area contributed by atoms with E-state index in [1.165, 1.54) is 47.4 Å². The molecule has 2 saturated heterocycles. The number of ether oxygens (including phenoxy) is 1. The van der Waals surface area contributed by atoms with Crippen LogP contribution in [0.2, 0.25) is 0 Å². The predicted molar refractivity (Wildman–Crippen MR) is 163 cm³/mol. The largest absolute Gasteiger partial charge is 0.480 e. The first-order chi connectivity index (χ1) is 20.0. The molecule has 5 rings (SSSR count). The van der Waals surface area contributed by atoms with Gasteiger partial charge in [0.1, 0.15) is 23.2 Å². The molecule has 0 radical (unpaired) electrons. The van der Waals surface area contributed by atoms with Crippen molar-refractivity contribution in [3.63, 3.8) is 0 Å². The second-order valence-corrected chi connectivity index (χ2v) is 13.0. The van der Waals surface area contributed by atoms with E-state index in [1.54, 1.807) is 44.2 Å². The Balaban J connectivity index is 0.000000517. The summed E-state index contributed by atoms with van der Waals surface area (Å²) in [6.45, 7) is 13.7. The number of thioether (sulfide) groups is 1. The van der Waals surface area contributed by atoms with Gasteiger partial charge in [0.2, 0.25) is 11.8 Å². The molecule has 2 aromatic rings. The topological polar surface area (TPSA) is 116 Å². The van der Waals surface area contributed by atoms with Gasteiger partial charge in [0.25, 0.3) is 0 Å². The third-order valence-corrected chi connectivity index (χ3v) is 9.77. The third kappa shape index (κ3) is 6.65. The zero-order valence-corrected chi connectivity index (χ0v) is 25.8. The number of carboxylic acids is 1. The molecule has 3 atom stereocenters. The van der Waals surface area contributed by atoms with Crippen LogP contribution in [0.3, 0.4) is 0 Å². The Morgan fingerprint density at radius 1 is 1.05 bits per heavy atom. The van der Waals surface area contributed by atoms with Crippen LogP contribution in [0.25, 0.3) is 0 Å². The van der Waals surface area contributed by atoms with Crippen molar-refractivity contribution in [2.24, 2.45) is 0 Å². The average molecular weight is 596 g/mol. The zero-order chi connectivity index (χ0) is 30.6. The van der Waals surface area contributed by atoms with Gasteiger partial charge in [-0.15, -0.1) is 11.8 Å². The van der Waals surface area contributed by atoms with E-state index in [-0.39, 0.29) is 12.0 Å². The summed E-state index contributed by atoms with van der Waals surface area (Å²) in [4.78, 5) is 53.8. The average Bonchev–Trinajstić information content (AvgIpc) is 3.53. The summed E-state index contributed by atoms with van der Waals surface area (Å²) in [6, 6.07) is 10.7. The smallest absolute Gasteiger partial charge is 0.343 e. The first-order valence-electron chi connectivity index (χ1n) is 14.7. The van der Waals surface area contributed by atoms with Crippen molar-refractivity contribution in [2.45, 2.75) is 82.5 Å². The van der Waals surface area contributed by atoms with Gasteiger partial charge in [-0.1, -0.05) is 45.0 Å². The molecule has 0 bridgehead atoms. The molecule has 2 unspecified atom stereocenters. The third-order valence-electron chi connectivity index (χ3n) is 8.20. The molecule has 2 aliphatic heterocycles. The van der Waals surface area contributed by atoms with Crippen LogP contribution in [-0.4, -0.2) is 80.5 Å². The summed E-state index contributed by atoms with van der Waals surface area (Å²) in [7, 11) is 0. The molecule has 2 heterocycles. The summed E-state index contributed by atoms with van der Waals surface area (Å²) in [5.41, 5.74) is 3.25. The monoisotopic (exact) mass is 595 g/mol. The number of benzene rings is 2. The highest BCUT2D eigenvalue weighted by Crippen LogP contribution is 2.50. The van der Waals surface area contributed by atoms with Gasteiger partial charge in [0.05, 0.1) is 12.0 Å². The Bertz CT molecular complexity index is 1340. The number of amides is 2. The molecular formula is C32H41N3O6S. The molecule has 226 valence electrons. The van der Waals surface area contributed by atoms with Crippen LogP contribution in [0.15, 0.2) is 42.5 Å². The second kappa shape index (κ2) is 13.3. The number of hydrogen-bond acceptors (Lipinski definition) is 7. The van der Waals surface area contributed by atoms with Crippen LogP contribution in [-0.2, 0) is 33.6 Å². The normalized spacial score (nSPS) is 21.5. The number of hydrogen-bond donors (Lipinski definition) is 2. The molecule has 0 spiro atoms. The fourth-order valence-corrected chi connectivity index (χ4v) is 7.49. The van der Waals surface area contributed by atoms with Crippen molar-refractivity contribution in [3.8, 4) is 5.75 Å². The first-order valence-corrected chi connectivity index (χ1v) is 15.5. The Labute approximate surface area is 252 Å². The standard InChI is InChI=1S/C26H26N2O6S.C6H15N/c1-26(2)21(24(31)32)28-22(30)20(23(28)35-26)27-19(29)13-16-6-3-4-9-18(16)25(33)34-17-11-10-14-7-5-8-15(14)12-17;1-4-7(5-2)6-3/h3-4,6,9-12,20-21,23H,5,7-8,13H2,1-2H3,(H,27,29)(H,31,32);4-6H2,1-3H3/t20?,21?,23-;/m1./s1. The fraction of sp³-hybridized carbons (Fsp3) is 0.500. The van der Waals surface area contributed by atoms with Crippen molar-refractivity contribution in [1.82, 2.24) is 15.1 Å². The predicted octanol–water partition coefficient (Wildman–Crippen LogP) is 3.92. The maximum absolute atomic E-state index is 12.9. The number of fused-ring (bicyclic) bond motifs is 2. The number of nitrogens with one attached hydrogen (secondary N) is 1. The van der Waals surface area contributed by atoms with Gasteiger partial charge in [-0.05, 0) is 87.6 Å². The zero-order valence-electron chi connectivity index (χ0n) is 25.0. The first kappa shape index (κ1) is 31.6. The van der Waals surface area contributed by atoms with E-state index < -0.39 is 46.0 Å². The lowest BCUT2D eigenvalue weighted by Crippen LogP contribution is -2.70. The molecule has 2 fully saturated rings. The van der Waals surface area contributed by atoms with Gasteiger partial charge in [-0.3, -0.25) is 9.59 Å². The second-order valence-electron chi connectivity index (χ2n) is 11.3. The SMILES string of the molecule is CC1(C)S[C@@H]2C(NC(=O)Cc3ccccc3C(=O)Oc3ccc4c(c3)CCC4)C(=O)N2C1C(=O)O.CCN(CC)CC. The Morgan fingerprint density at radius 2 is 1.71 bits per heavy atom. The maximum Gasteiger partial charge on any atom is 0.343 e. The summed E-state index contributed by atoms with van der Waals surface area (Å²) < 4.78 is 4.93. The summed E-state index contributed by atoms with van der Waals surface area (Å²) in [6.07, 6.45) is 3.00. The van der Waals surface area contributed by atoms with Crippen molar-refractivity contribution < 1.29 is 29.0 Å². The minimum absolute atomic E-state index is 0.109. The molecule has 9 nitrogen and oxygen atoms in total. The molecule has 10 heteroatoms. The van der Waals surface area contributed by atoms with E-state index in [0.29, 0.717) is 11.3 Å². The number of aryl methyl sites for hydroxylation is 2. The van der Waals surface area contributed by atoms with E-state index in [0.717, 1.165) is 19.3 Å². The lowest BCUT2D eigenvalue weighted by atomic mass is 9.96. The van der Waals surface area contributed by atoms with E-state index in [1.807, 2.05) is 12.1 Å². The Morgan fingerprint density at radius 3 is 2.36 bits per heavy atom. The highest BCUT2D eigenvalue weighted by Gasteiger charge is 2.64. The minimum Gasteiger partial charge on any atom is -0.480 e. The van der Waals surface area contributed by atoms with Crippen LogP contribution in [0.4, 0.5) is 0 Å². The molecule has 2 aromatic carbocycles. The lowest BCUT2D eigenvalue weighted by Gasteiger charge is -2.43. The summed E-state index contributed by atoms with van der Waals surface area (Å²) in [5, 5.41) is 11.9. The van der Waals surface area contributed by atoms with E-state index in [2.05, 4.69) is 31.0 Å². The Hall–Kier alpha value is -3.37. The highest BCUT2D eigenvalue weighted by molar-refractivity contribution is 8.01. The van der Waals surface area contributed by atoms with Crippen LogP contribution in [0.1, 0.15) is 68.1 Å². The number of carbonyl (C=O) groups is 4. The van der Waals surface area contributed by atoms with Crippen molar-refractivity contribution >= 4 is 35.5 Å². The maximum atomic E-state index is 12.9. The summed E-state index contributed by atoms with van der Waals surface area (Å²) in [5.74, 6) is -1.95. The number of rotatable bonds is 9. The Kier molecular flexibility index (Phi) is 9.99. The van der Waals surface area contributed by atoms with Gasteiger partial charge in [-0.2, -0.15) is 0 Å². The lowest BCUT2D eigenvalue weighted by molar-refractivity contribution is -0.161. The van der Waals surface area contributed by atoms with Crippen LogP contribution >= 0.6 is 11.8 Å². The van der Waals surface area contributed by atoms with Gasteiger partial charge in [0, 0.05) is 4.75 Å². The van der Waals surface area contributed by atoms with E-state index >= 15 is 0 Å². The molecule has 3 aliphatic rings. The molecule has 42 heavy (non-hydrogen) atoms. The molecule has 0 saturated carbocycles. The minimum atomic E-state index is -1.06. The molecular weight excluding hydrogens is 554 g/mol.